The van der Waals surface area contributed by atoms with Crippen molar-refractivity contribution >= 4 is 11.3 Å². The van der Waals surface area contributed by atoms with Crippen LogP contribution in [-0.2, 0) is 30.1 Å². The van der Waals surface area contributed by atoms with Gasteiger partial charge in [-0.2, -0.15) is 0 Å². The van der Waals surface area contributed by atoms with Gasteiger partial charge in [-0.05, 0) is 18.4 Å². The Morgan fingerprint density at radius 3 is 2.70 bits per heavy atom. The van der Waals surface area contributed by atoms with Crippen molar-refractivity contribution in [3.63, 3.8) is 0 Å². The molecule has 20 heavy (non-hydrogen) atoms. The summed E-state index contributed by atoms with van der Waals surface area (Å²) in [5, 5.41) is 2.07. The lowest BCUT2D eigenvalue weighted by Gasteiger charge is -2.17. The van der Waals surface area contributed by atoms with Crippen LogP contribution in [0.2, 0.25) is 0 Å². The van der Waals surface area contributed by atoms with Gasteiger partial charge < -0.3 is 23.7 Å². The predicted molar refractivity (Wildman–Crippen MR) is 78.0 cm³/mol. The van der Waals surface area contributed by atoms with E-state index < -0.39 is 0 Å². The van der Waals surface area contributed by atoms with Crippen LogP contribution in [0.15, 0.2) is 17.5 Å². The summed E-state index contributed by atoms with van der Waals surface area (Å²) in [7, 11) is 1.59. The van der Waals surface area contributed by atoms with Gasteiger partial charge in [0.1, 0.15) is 19.7 Å². The normalized spacial score (nSPS) is 12.7. The Balaban J connectivity index is 2.11. The van der Waals surface area contributed by atoms with Crippen LogP contribution < -0.4 is 0 Å². The van der Waals surface area contributed by atoms with Gasteiger partial charge in [-0.25, -0.2) is 0 Å². The van der Waals surface area contributed by atoms with Gasteiger partial charge in [0.25, 0.3) is 0 Å². The van der Waals surface area contributed by atoms with Crippen molar-refractivity contribution in [1.82, 2.24) is 0 Å². The molecule has 1 aromatic heterocycles. The molecule has 1 aromatic rings. The van der Waals surface area contributed by atoms with Crippen molar-refractivity contribution in [2.75, 3.05) is 47.1 Å². The number of methoxy groups -OCH3 is 1. The summed E-state index contributed by atoms with van der Waals surface area (Å²) in [4.78, 5) is 1.33. The predicted octanol–water partition coefficient (Wildman–Crippen LogP) is 2.31. The number of hydrogen-bond acceptors (Lipinski definition) is 6. The first-order valence-electron chi connectivity index (χ1n) is 6.73. The van der Waals surface area contributed by atoms with Crippen LogP contribution in [0.25, 0.3) is 0 Å². The number of hydrogen-bond donors (Lipinski definition) is 0. The lowest BCUT2D eigenvalue weighted by molar-refractivity contribution is -0.141. The number of ether oxygens (including phenoxy) is 5. The summed E-state index contributed by atoms with van der Waals surface area (Å²) in [5.74, 6) is 0. The Hall–Kier alpha value is -0.500. The molecule has 0 bridgehead atoms. The minimum absolute atomic E-state index is 0.140. The molecule has 0 aliphatic carbocycles. The van der Waals surface area contributed by atoms with E-state index in [2.05, 4.69) is 11.4 Å². The molecule has 116 valence electrons. The maximum absolute atomic E-state index is 5.63. The summed E-state index contributed by atoms with van der Waals surface area (Å²) >= 11 is 1.74. The number of thiophene rings is 1. The third-order valence-electron chi connectivity index (χ3n) is 2.47. The van der Waals surface area contributed by atoms with Gasteiger partial charge in [0.15, 0.2) is 0 Å². The second kappa shape index (κ2) is 12.3. The zero-order valence-corrected chi connectivity index (χ0v) is 13.0. The second-order valence-corrected chi connectivity index (χ2v) is 5.11. The van der Waals surface area contributed by atoms with Crippen LogP contribution >= 0.6 is 11.3 Å². The molecule has 5 nitrogen and oxygen atoms in total. The standard InChI is InChI=1S/C14H24O5S/c1-3-16-12-18-10-13(19-11-15-2)9-17-7-6-14-5-4-8-20-14/h4-5,8,13H,3,6-7,9-12H2,1-2H3. The molecule has 0 saturated carbocycles. The highest BCUT2D eigenvalue weighted by Gasteiger charge is 2.10. The van der Waals surface area contributed by atoms with Crippen LogP contribution in [0.3, 0.4) is 0 Å². The smallest absolute Gasteiger partial charge is 0.146 e. The third kappa shape index (κ3) is 8.63. The summed E-state index contributed by atoms with van der Waals surface area (Å²) in [6.45, 7) is 4.67. The molecule has 0 N–H and O–H groups in total. The van der Waals surface area contributed by atoms with Crippen LogP contribution in [0.4, 0.5) is 0 Å². The van der Waals surface area contributed by atoms with E-state index in [0.717, 1.165) is 6.42 Å². The van der Waals surface area contributed by atoms with Crippen molar-refractivity contribution in [2.45, 2.75) is 19.4 Å². The molecule has 1 rings (SSSR count). The van der Waals surface area contributed by atoms with E-state index >= 15 is 0 Å². The highest BCUT2D eigenvalue weighted by Crippen LogP contribution is 2.09. The SMILES string of the molecule is CCOCOCC(COCCc1cccs1)OCOC. The van der Waals surface area contributed by atoms with Crippen molar-refractivity contribution in [2.24, 2.45) is 0 Å². The molecule has 1 unspecified atom stereocenters. The topological polar surface area (TPSA) is 46.2 Å². The fourth-order valence-corrected chi connectivity index (χ4v) is 2.16. The average Bonchev–Trinajstić information content (AvgIpc) is 2.97. The first-order valence-corrected chi connectivity index (χ1v) is 7.61. The first kappa shape index (κ1) is 17.6. The Morgan fingerprint density at radius 2 is 2.00 bits per heavy atom. The molecule has 6 heteroatoms. The maximum Gasteiger partial charge on any atom is 0.146 e. The largest absolute Gasteiger partial charge is 0.378 e. The molecule has 1 heterocycles. The van der Waals surface area contributed by atoms with Gasteiger partial charge in [0, 0.05) is 25.0 Å². The molecule has 0 aliphatic heterocycles. The Bertz CT molecular complexity index is 305. The van der Waals surface area contributed by atoms with E-state index in [0.29, 0.717) is 26.4 Å². The van der Waals surface area contributed by atoms with Crippen LogP contribution in [0.1, 0.15) is 11.8 Å². The highest BCUT2D eigenvalue weighted by molar-refractivity contribution is 7.09. The second-order valence-electron chi connectivity index (χ2n) is 4.08. The van der Waals surface area contributed by atoms with Crippen molar-refractivity contribution in [3.05, 3.63) is 22.4 Å². The lowest BCUT2D eigenvalue weighted by atomic mass is 10.3. The molecular formula is C14H24O5S. The zero-order chi connectivity index (χ0) is 14.5. The highest BCUT2D eigenvalue weighted by atomic mass is 32.1. The molecular weight excluding hydrogens is 280 g/mol. The van der Waals surface area contributed by atoms with E-state index in [1.54, 1.807) is 18.4 Å². The van der Waals surface area contributed by atoms with E-state index in [9.17, 15) is 0 Å². The van der Waals surface area contributed by atoms with Crippen molar-refractivity contribution in [1.29, 1.82) is 0 Å². The fraction of sp³-hybridized carbons (Fsp3) is 0.714. The minimum atomic E-state index is -0.140. The van der Waals surface area contributed by atoms with E-state index in [4.69, 9.17) is 23.7 Å². The fourth-order valence-electron chi connectivity index (χ4n) is 1.47. The lowest BCUT2D eigenvalue weighted by Crippen LogP contribution is -2.27. The Kier molecular flexibility index (Phi) is 10.8. The summed E-state index contributed by atoms with van der Waals surface area (Å²) in [6, 6.07) is 4.16. The van der Waals surface area contributed by atoms with E-state index in [-0.39, 0.29) is 19.7 Å². The van der Waals surface area contributed by atoms with Gasteiger partial charge >= 0.3 is 0 Å². The summed E-state index contributed by atoms with van der Waals surface area (Å²) in [6.07, 6.45) is 0.785. The Morgan fingerprint density at radius 1 is 1.15 bits per heavy atom. The van der Waals surface area contributed by atoms with Gasteiger partial charge in [0.2, 0.25) is 0 Å². The molecule has 0 amide bonds. The van der Waals surface area contributed by atoms with E-state index in [1.165, 1.54) is 4.88 Å². The van der Waals surface area contributed by atoms with Gasteiger partial charge in [-0.1, -0.05) is 6.07 Å². The van der Waals surface area contributed by atoms with Crippen LogP contribution in [0.5, 0.6) is 0 Å². The van der Waals surface area contributed by atoms with Crippen LogP contribution in [0, 0.1) is 0 Å². The van der Waals surface area contributed by atoms with Crippen molar-refractivity contribution < 1.29 is 23.7 Å². The van der Waals surface area contributed by atoms with Gasteiger partial charge in [0.05, 0.1) is 19.8 Å². The van der Waals surface area contributed by atoms with Crippen LogP contribution in [-0.4, -0.2) is 53.2 Å². The average molecular weight is 304 g/mol. The molecule has 1 atom stereocenters. The van der Waals surface area contributed by atoms with Gasteiger partial charge in [-0.3, -0.25) is 0 Å². The maximum atomic E-state index is 5.63. The Labute approximate surface area is 124 Å². The van der Waals surface area contributed by atoms with Crippen molar-refractivity contribution in [3.8, 4) is 0 Å². The van der Waals surface area contributed by atoms with Gasteiger partial charge in [-0.15, -0.1) is 11.3 Å². The number of rotatable bonds is 13. The molecule has 0 radical (unpaired) electrons. The third-order valence-corrected chi connectivity index (χ3v) is 3.41. The quantitative estimate of drug-likeness (QED) is 0.413. The molecule has 0 saturated heterocycles. The summed E-state index contributed by atoms with van der Waals surface area (Å²) in [5.41, 5.74) is 0. The molecule has 0 fully saturated rings. The first-order chi connectivity index (χ1) is 9.86. The zero-order valence-electron chi connectivity index (χ0n) is 12.2. The molecule has 0 aromatic carbocycles. The summed E-state index contributed by atoms with van der Waals surface area (Å²) < 4.78 is 26.5. The minimum Gasteiger partial charge on any atom is -0.378 e. The van der Waals surface area contributed by atoms with E-state index in [1.807, 2.05) is 13.0 Å². The molecule has 0 aliphatic rings. The monoisotopic (exact) mass is 304 g/mol. The molecule has 0 spiro atoms.